The van der Waals surface area contributed by atoms with Crippen LogP contribution in [0.3, 0.4) is 0 Å². The number of benzene rings is 1. The first-order chi connectivity index (χ1) is 9.65. The van der Waals surface area contributed by atoms with Gasteiger partial charge in [-0.1, -0.05) is 24.3 Å². The number of hydrogen-bond donors (Lipinski definition) is 0. The zero-order chi connectivity index (χ0) is 14.0. The number of sulfonamides is 1. The second kappa shape index (κ2) is 5.34. The molecular weight excluding hydrogens is 272 g/mol. The molecule has 20 heavy (non-hydrogen) atoms. The highest BCUT2D eigenvalue weighted by Gasteiger charge is 2.27. The fourth-order valence-electron chi connectivity index (χ4n) is 2.46. The lowest BCUT2D eigenvalue weighted by Gasteiger charge is -2.14. The van der Waals surface area contributed by atoms with Crippen molar-refractivity contribution in [3.8, 4) is 11.1 Å². The third kappa shape index (κ3) is 2.73. The average molecular weight is 288 g/mol. The zero-order valence-corrected chi connectivity index (χ0v) is 11.9. The lowest BCUT2D eigenvalue weighted by atomic mass is 10.0. The van der Waals surface area contributed by atoms with Crippen molar-refractivity contribution in [2.24, 2.45) is 0 Å². The van der Waals surface area contributed by atoms with E-state index in [2.05, 4.69) is 4.98 Å². The SMILES string of the molecule is O=S1(=O)CCCN1Cc1cccc(-c2cccnc2)c1. The molecule has 0 spiro atoms. The van der Waals surface area contributed by atoms with Crippen LogP contribution < -0.4 is 0 Å². The van der Waals surface area contributed by atoms with Crippen molar-refractivity contribution in [3.05, 3.63) is 54.4 Å². The summed E-state index contributed by atoms with van der Waals surface area (Å²) in [5.41, 5.74) is 3.11. The molecule has 0 atom stereocenters. The van der Waals surface area contributed by atoms with Crippen molar-refractivity contribution in [2.45, 2.75) is 13.0 Å². The van der Waals surface area contributed by atoms with E-state index in [4.69, 9.17) is 0 Å². The summed E-state index contributed by atoms with van der Waals surface area (Å²) >= 11 is 0. The minimum Gasteiger partial charge on any atom is -0.264 e. The van der Waals surface area contributed by atoms with E-state index in [1.807, 2.05) is 42.6 Å². The molecule has 104 valence electrons. The van der Waals surface area contributed by atoms with Crippen molar-refractivity contribution in [3.63, 3.8) is 0 Å². The highest BCUT2D eigenvalue weighted by molar-refractivity contribution is 7.89. The van der Waals surface area contributed by atoms with Crippen LogP contribution in [0.4, 0.5) is 0 Å². The van der Waals surface area contributed by atoms with Crippen molar-refractivity contribution < 1.29 is 8.42 Å². The van der Waals surface area contributed by atoms with Crippen molar-refractivity contribution in [2.75, 3.05) is 12.3 Å². The maximum atomic E-state index is 11.8. The van der Waals surface area contributed by atoms with Gasteiger partial charge in [0, 0.05) is 25.5 Å². The Kier molecular flexibility index (Phi) is 3.54. The molecule has 5 heteroatoms. The van der Waals surface area contributed by atoms with Gasteiger partial charge in [0.05, 0.1) is 5.75 Å². The number of pyridine rings is 1. The first-order valence-electron chi connectivity index (χ1n) is 6.62. The molecule has 0 saturated carbocycles. The second-order valence-corrected chi connectivity index (χ2v) is 7.03. The Morgan fingerprint density at radius 2 is 2.00 bits per heavy atom. The van der Waals surface area contributed by atoms with Crippen LogP contribution in [0.2, 0.25) is 0 Å². The molecule has 1 aliphatic rings. The van der Waals surface area contributed by atoms with Gasteiger partial charge in [-0.25, -0.2) is 8.42 Å². The molecular formula is C15H16N2O2S. The summed E-state index contributed by atoms with van der Waals surface area (Å²) in [6.07, 6.45) is 4.28. The van der Waals surface area contributed by atoms with E-state index in [0.717, 1.165) is 23.1 Å². The Morgan fingerprint density at radius 3 is 2.70 bits per heavy atom. The summed E-state index contributed by atoms with van der Waals surface area (Å²) < 4.78 is 25.2. The molecule has 0 bridgehead atoms. The Morgan fingerprint density at radius 1 is 1.15 bits per heavy atom. The maximum absolute atomic E-state index is 11.8. The predicted octanol–water partition coefficient (Wildman–Crippen LogP) is 2.28. The Bertz CT molecular complexity index is 699. The van der Waals surface area contributed by atoms with Crippen LogP contribution in [-0.4, -0.2) is 30.0 Å². The predicted molar refractivity (Wildman–Crippen MR) is 78.5 cm³/mol. The first-order valence-corrected chi connectivity index (χ1v) is 8.23. The molecule has 2 aromatic rings. The molecule has 1 aliphatic heterocycles. The molecule has 0 N–H and O–H groups in total. The van der Waals surface area contributed by atoms with Crippen LogP contribution in [0, 0.1) is 0 Å². The summed E-state index contributed by atoms with van der Waals surface area (Å²) in [6, 6.07) is 11.9. The van der Waals surface area contributed by atoms with Gasteiger partial charge in [0.25, 0.3) is 0 Å². The van der Waals surface area contributed by atoms with Gasteiger partial charge in [-0.05, 0) is 35.2 Å². The average Bonchev–Trinajstić information content (AvgIpc) is 2.79. The van der Waals surface area contributed by atoms with Gasteiger partial charge in [-0.3, -0.25) is 4.98 Å². The number of aromatic nitrogens is 1. The Labute approximate surface area is 119 Å². The van der Waals surface area contributed by atoms with Crippen LogP contribution >= 0.6 is 0 Å². The summed E-state index contributed by atoms with van der Waals surface area (Å²) in [6.45, 7) is 1.08. The fourth-order valence-corrected chi connectivity index (χ4v) is 3.96. The quantitative estimate of drug-likeness (QED) is 0.870. The van der Waals surface area contributed by atoms with E-state index in [0.29, 0.717) is 13.1 Å². The molecule has 1 saturated heterocycles. The summed E-state index contributed by atoms with van der Waals surface area (Å²) in [7, 11) is -3.04. The number of nitrogens with zero attached hydrogens (tertiary/aromatic N) is 2. The van der Waals surface area contributed by atoms with E-state index in [9.17, 15) is 8.42 Å². The maximum Gasteiger partial charge on any atom is 0.214 e. The second-order valence-electron chi connectivity index (χ2n) is 4.95. The largest absolute Gasteiger partial charge is 0.264 e. The van der Waals surface area contributed by atoms with Crippen LogP contribution in [-0.2, 0) is 16.6 Å². The van der Waals surface area contributed by atoms with E-state index in [1.165, 1.54) is 0 Å². The molecule has 0 aliphatic carbocycles. The number of rotatable bonds is 3. The molecule has 3 rings (SSSR count). The van der Waals surface area contributed by atoms with Gasteiger partial charge in [0.2, 0.25) is 10.0 Å². The van der Waals surface area contributed by atoms with Crippen LogP contribution in [0.5, 0.6) is 0 Å². The van der Waals surface area contributed by atoms with Gasteiger partial charge in [0.1, 0.15) is 0 Å². The molecule has 0 radical (unpaired) electrons. The van der Waals surface area contributed by atoms with Crippen molar-refractivity contribution in [1.82, 2.24) is 9.29 Å². The third-order valence-corrected chi connectivity index (χ3v) is 5.39. The molecule has 1 fully saturated rings. The van der Waals surface area contributed by atoms with Crippen molar-refractivity contribution in [1.29, 1.82) is 0 Å². The Balaban J connectivity index is 1.85. The Hall–Kier alpha value is -1.72. The van der Waals surface area contributed by atoms with Crippen LogP contribution in [0.25, 0.3) is 11.1 Å². The lowest BCUT2D eigenvalue weighted by Crippen LogP contribution is -2.25. The van der Waals surface area contributed by atoms with Crippen LogP contribution in [0.1, 0.15) is 12.0 Å². The van der Waals surface area contributed by atoms with E-state index in [-0.39, 0.29) is 5.75 Å². The monoisotopic (exact) mass is 288 g/mol. The molecule has 4 nitrogen and oxygen atoms in total. The molecule has 0 amide bonds. The fraction of sp³-hybridized carbons (Fsp3) is 0.267. The zero-order valence-electron chi connectivity index (χ0n) is 11.1. The molecule has 2 heterocycles. The minimum atomic E-state index is -3.04. The van der Waals surface area contributed by atoms with Crippen molar-refractivity contribution >= 4 is 10.0 Å². The van der Waals surface area contributed by atoms with Gasteiger partial charge >= 0.3 is 0 Å². The normalized spacial score (nSPS) is 18.2. The molecule has 1 aromatic carbocycles. The standard InChI is InChI=1S/C15H16N2O2S/c18-20(19)9-3-8-17(20)12-13-4-1-5-14(10-13)15-6-2-7-16-11-15/h1-2,4-7,10-11H,3,8-9,12H2. The van der Waals surface area contributed by atoms with Gasteiger partial charge < -0.3 is 0 Å². The minimum absolute atomic E-state index is 0.273. The number of hydrogen-bond acceptors (Lipinski definition) is 3. The highest BCUT2D eigenvalue weighted by Crippen LogP contribution is 2.22. The smallest absolute Gasteiger partial charge is 0.214 e. The van der Waals surface area contributed by atoms with Gasteiger partial charge in [-0.2, -0.15) is 4.31 Å². The molecule has 0 unspecified atom stereocenters. The lowest BCUT2D eigenvalue weighted by molar-refractivity contribution is 0.440. The van der Waals surface area contributed by atoms with E-state index in [1.54, 1.807) is 10.5 Å². The van der Waals surface area contributed by atoms with E-state index >= 15 is 0 Å². The molecule has 1 aromatic heterocycles. The van der Waals surface area contributed by atoms with Crippen LogP contribution in [0.15, 0.2) is 48.8 Å². The third-order valence-electron chi connectivity index (χ3n) is 3.48. The highest BCUT2D eigenvalue weighted by atomic mass is 32.2. The van der Waals surface area contributed by atoms with Gasteiger partial charge in [0.15, 0.2) is 0 Å². The van der Waals surface area contributed by atoms with Gasteiger partial charge in [-0.15, -0.1) is 0 Å². The first kappa shape index (κ1) is 13.3. The summed E-state index contributed by atoms with van der Waals surface area (Å²) in [5, 5.41) is 0. The topological polar surface area (TPSA) is 50.3 Å². The summed E-state index contributed by atoms with van der Waals surface area (Å²) in [4.78, 5) is 4.11. The summed E-state index contributed by atoms with van der Waals surface area (Å²) in [5.74, 6) is 0.273. The van der Waals surface area contributed by atoms with E-state index < -0.39 is 10.0 Å².